The molecule has 2 aliphatic heterocycles. The van der Waals surface area contributed by atoms with E-state index in [4.69, 9.17) is 9.47 Å². The number of thioether (sulfide) groups is 1. The predicted octanol–water partition coefficient (Wildman–Crippen LogP) is 4.65. The van der Waals surface area contributed by atoms with Gasteiger partial charge >= 0.3 is 5.97 Å². The van der Waals surface area contributed by atoms with E-state index in [-0.39, 0.29) is 18.0 Å². The van der Waals surface area contributed by atoms with Crippen LogP contribution in [0, 0.1) is 0 Å². The van der Waals surface area contributed by atoms with Gasteiger partial charge in [0.05, 0.1) is 6.42 Å². The topological polar surface area (TPSA) is 84.9 Å². The minimum Gasteiger partial charge on any atom is -0.448 e. The fraction of sp³-hybridized carbons (Fsp3) is 0.250. The summed E-state index contributed by atoms with van der Waals surface area (Å²) in [6, 6.07) is 22.7. The van der Waals surface area contributed by atoms with Crippen LogP contribution in [0.2, 0.25) is 0 Å². The molecule has 2 aromatic carbocycles. The maximum atomic E-state index is 13.8. The third-order valence-corrected chi connectivity index (χ3v) is 9.38. The van der Waals surface area contributed by atoms with Gasteiger partial charge in [0.2, 0.25) is 5.91 Å². The molecule has 1 unspecified atom stereocenters. The van der Waals surface area contributed by atoms with Crippen molar-refractivity contribution in [2.45, 2.75) is 23.6 Å². The molecule has 1 saturated heterocycles. The summed E-state index contributed by atoms with van der Waals surface area (Å²) in [4.78, 5) is 42.5. The molecular formula is C28H25BrN2O5S2. The number of β-lactam (4-membered cyclic amide) rings is 1. The van der Waals surface area contributed by atoms with E-state index in [1.165, 1.54) is 35.1 Å². The zero-order valence-electron chi connectivity index (χ0n) is 20.5. The van der Waals surface area contributed by atoms with Crippen molar-refractivity contribution in [3.63, 3.8) is 0 Å². The van der Waals surface area contributed by atoms with Gasteiger partial charge in [-0.25, -0.2) is 4.79 Å². The van der Waals surface area contributed by atoms with E-state index in [2.05, 4.69) is 21.2 Å². The number of nitrogens with one attached hydrogen (secondary N) is 1. The summed E-state index contributed by atoms with van der Waals surface area (Å²) >= 11 is 6.37. The van der Waals surface area contributed by atoms with E-state index in [0.29, 0.717) is 11.1 Å². The van der Waals surface area contributed by atoms with Gasteiger partial charge in [0.25, 0.3) is 11.6 Å². The first-order chi connectivity index (χ1) is 18.5. The largest absolute Gasteiger partial charge is 0.448 e. The monoisotopic (exact) mass is 612 g/mol. The lowest BCUT2D eigenvalue weighted by molar-refractivity contribution is -0.193. The van der Waals surface area contributed by atoms with Crippen LogP contribution in [0.15, 0.2) is 89.4 Å². The molecule has 3 aromatic rings. The third-order valence-electron chi connectivity index (χ3n) is 6.46. The second-order valence-electron chi connectivity index (χ2n) is 8.78. The zero-order valence-corrected chi connectivity index (χ0v) is 23.7. The second-order valence-corrected chi connectivity index (χ2v) is 11.4. The first kappa shape index (κ1) is 26.7. The van der Waals surface area contributed by atoms with Crippen LogP contribution in [0.25, 0.3) is 0 Å². The number of hydrogen-bond donors (Lipinski definition) is 1. The lowest BCUT2D eigenvalue weighted by atomic mass is 9.97. The van der Waals surface area contributed by atoms with Crippen LogP contribution in [0.4, 0.5) is 0 Å². The normalized spacial score (nSPS) is 20.7. The van der Waals surface area contributed by atoms with Gasteiger partial charge in [-0.1, -0.05) is 82.7 Å². The molecule has 38 heavy (non-hydrogen) atoms. The van der Waals surface area contributed by atoms with Crippen molar-refractivity contribution in [3.05, 3.63) is 105 Å². The number of thiophene rings is 1. The quantitative estimate of drug-likeness (QED) is 0.164. The average molecular weight is 614 g/mol. The van der Waals surface area contributed by atoms with E-state index < -0.39 is 29.1 Å². The Kier molecular flexibility index (Phi) is 8.04. The molecule has 2 atom stereocenters. The van der Waals surface area contributed by atoms with Gasteiger partial charge in [-0.15, -0.1) is 23.1 Å². The highest BCUT2D eigenvalue weighted by Crippen LogP contribution is 2.47. The van der Waals surface area contributed by atoms with Crippen molar-refractivity contribution in [2.75, 3.05) is 18.2 Å². The summed E-state index contributed by atoms with van der Waals surface area (Å²) in [6.45, 7) is 0. The lowest BCUT2D eigenvalue weighted by Gasteiger charge is -2.56. The second kappa shape index (κ2) is 11.4. The smallest absolute Gasteiger partial charge is 0.356 e. The van der Waals surface area contributed by atoms with Crippen LogP contribution >= 0.6 is 39.0 Å². The SMILES string of the molecule is COC1(NC(=O)Cc2cccs2)C(=O)N2C(C(=O)OC(c3ccccc3)c3ccccc3)=C(CBr)CS[C@@H]21. The van der Waals surface area contributed by atoms with Crippen molar-refractivity contribution < 1.29 is 23.9 Å². The van der Waals surface area contributed by atoms with E-state index in [1.807, 2.05) is 78.2 Å². The van der Waals surface area contributed by atoms with E-state index in [1.54, 1.807) is 0 Å². The molecule has 0 spiro atoms. The van der Waals surface area contributed by atoms with Crippen molar-refractivity contribution in [3.8, 4) is 0 Å². The van der Waals surface area contributed by atoms with Gasteiger partial charge in [0.1, 0.15) is 11.1 Å². The van der Waals surface area contributed by atoms with Gasteiger partial charge in [-0.05, 0) is 28.1 Å². The number of carbonyl (C=O) groups excluding carboxylic acids is 3. The van der Waals surface area contributed by atoms with Gasteiger partial charge in [0, 0.05) is 23.1 Å². The average Bonchev–Trinajstić information content (AvgIpc) is 3.47. The van der Waals surface area contributed by atoms with Crippen LogP contribution < -0.4 is 5.32 Å². The third kappa shape index (κ3) is 4.93. The number of alkyl halides is 1. The number of benzene rings is 2. The minimum atomic E-state index is -1.55. The standard InChI is InChI=1S/C28H25BrN2O5S2/c1-35-28(30-22(32)15-21-13-8-14-37-21)26(34)31-23(20(16-29)17-38-27(28)31)25(33)36-24(18-9-4-2-5-10-18)19-11-6-3-7-12-19/h2-14,24,27H,15-17H2,1H3,(H,30,32)/t27-,28?/m1/s1. The molecule has 196 valence electrons. The molecule has 5 rings (SSSR count). The number of halogens is 1. The number of ether oxygens (including phenoxy) is 2. The number of nitrogens with zero attached hydrogens (tertiary/aromatic N) is 1. The Bertz CT molecular complexity index is 1310. The van der Waals surface area contributed by atoms with Crippen molar-refractivity contribution in [1.29, 1.82) is 0 Å². The summed E-state index contributed by atoms with van der Waals surface area (Å²) in [7, 11) is 1.39. The molecule has 0 saturated carbocycles. The number of amides is 2. The van der Waals surface area contributed by atoms with Crippen molar-refractivity contribution in [2.24, 2.45) is 0 Å². The van der Waals surface area contributed by atoms with Crippen LogP contribution in [-0.2, 0) is 30.3 Å². The highest BCUT2D eigenvalue weighted by molar-refractivity contribution is 9.09. The molecule has 0 radical (unpaired) electrons. The summed E-state index contributed by atoms with van der Waals surface area (Å²) in [5.41, 5.74) is 1.00. The molecule has 1 aromatic heterocycles. The first-order valence-electron chi connectivity index (χ1n) is 11.9. The zero-order chi connectivity index (χ0) is 26.7. The fourth-order valence-corrected chi connectivity index (χ4v) is 7.47. The molecule has 10 heteroatoms. The molecule has 2 amide bonds. The fourth-order valence-electron chi connectivity index (χ4n) is 4.60. The summed E-state index contributed by atoms with van der Waals surface area (Å²) < 4.78 is 11.7. The van der Waals surface area contributed by atoms with Gasteiger partial charge < -0.3 is 14.8 Å². The molecule has 2 aliphatic rings. The molecule has 0 aliphatic carbocycles. The molecular weight excluding hydrogens is 588 g/mol. The van der Waals surface area contributed by atoms with Gasteiger partial charge in [0.15, 0.2) is 6.10 Å². The van der Waals surface area contributed by atoms with Gasteiger partial charge in [-0.3, -0.25) is 14.5 Å². The number of carbonyl (C=O) groups is 3. The highest BCUT2D eigenvalue weighted by Gasteiger charge is 2.66. The number of fused-ring (bicyclic) bond motifs is 1. The molecule has 0 bridgehead atoms. The van der Waals surface area contributed by atoms with Crippen molar-refractivity contribution >= 4 is 56.8 Å². The molecule has 1 fully saturated rings. The number of hydrogen-bond acceptors (Lipinski definition) is 7. The highest BCUT2D eigenvalue weighted by atomic mass is 79.9. The lowest BCUT2D eigenvalue weighted by Crippen LogP contribution is -2.80. The molecule has 3 heterocycles. The summed E-state index contributed by atoms with van der Waals surface area (Å²) in [5.74, 6) is -0.962. The van der Waals surface area contributed by atoms with Crippen molar-refractivity contribution in [1.82, 2.24) is 10.2 Å². The van der Waals surface area contributed by atoms with Gasteiger partial charge in [-0.2, -0.15) is 0 Å². The Morgan fingerprint density at radius 2 is 1.74 bits per heavy atom. The molecule has 1 N–H and O–H groups in total. The summed E-state index contributed by atoms with van der Waals surface area (Å²) in [6.07, 6.45) is -0.517. The van der Waals surface area contributed by atoms with Crippen LogP contribution in [-0.4, -0.2) is 52.0 Å². The molecule has 7 nitrogen and oxygen atoms in total. The number of rotatable bonds is 9. The van der Waals surface area contributed by atoms with Crippen LogP contribution in [0.5, 0.6) is 0 Å². The van der Waals surface area contributed by atoms with E-state index >= 15 is 0 Å². The Labute approximate surface area is 237 Å². The maximum Gasteiger partial charge on any atom is 0.356 e. The van der Waals surface area contributed by atoms with Crippen LogP contribution in [0.3, 0.4) is 0 Å². The predicted molar refractivity (Wildman–Crippen MR) is 151 cm³/mol. The Hall–Kier alpha value is -2.92. The summed E-state index contributed by atoms with van der Waals surface area (Å²) in [5, 5.41) is 4.48. The minimum absolute atomic E-state index is 0.140. The van der Waals surface area contributed by atoms with E-state index in [9.17, 15) is 14.4 Å². The Morgan fingerprint density at radius 3 is 2.29 bits per heavy atom. The van der Waals surface area contributed by atoms with E-state index in [0.717, 1.165) is 21.6 Å². The number of esters is 1. The Morgan fingerprint density at radius 1 is 1.08 bits per heavy atom. The number of methoxy groups -OCH3 is 1. The maximum absolute atomic E-state index is 13.8. The Balaban J connectivity index is 1.41. The first-order valence-corrected chi connectivity index (χ1v) is 15.0. The van der Waals surface area contributed by atoms with Crippen LogP contribution in [0.1, 0.15) is 22.1 Å².